The quantitative estimate of drug-likeness (QED) is 0.713. The maximum atomic E-state index is 4.38. The zero-order chi connectivity index (χ0) is 14.0. The average Bonchev–Trinajstić information content (AvgIpc) is 2.96. The number of aromatic nitrogens is 4. The van der Waals surface area contributed by atoms with E-state index in [1.165, 1.54) is 25.7 Å². The Hall–Kier alpha value is -1.75. The summed E-state index contributed by atoms with van der Waals surface area (Å²) in [6.07, 6.45) is 5.16. The Bertz CT molecular complexity index is 480. The molecule has 1 aromatic carbocycles. The molecule has 1 N–H and O–H groups in total. The van der Waals surface area contributed by atoms with Crippen LogP contribution in [0, 0.1) is 0 Å². The first kappa shape index (κ1) is 14.7. The second kappa shape index (κ2) is 8.43. The Morgan fingerprint density at radius 1 is 1.05 bits per heavy atom. The lowest BCUT2D eigenvalue weighted by Gasteiger charge is -2.03. The topological polar surface area (TPSA) is 55.6 Å². The molecule has 0 saturated heterocycles. The molecule has 5 heteroatoms. The van der Waals surface area contributed by atoms with Crippen LogP contribution >= 0.6 is 0 Å². The normalized spacial score (nSPS) is 10.8. The van der Waals surface area contributed by atoms with E-state index in [1.807, 2.05) is 30.3 Å². The molecule has 2 aromatic rings. The second-order valence-electron chi connectivity index (χ2n) is 4.89. The van der Waals surface area contributed by atoms with Gasteiger partial charge in [-0.1, -0.05) is 56.5 Å². The maximum absolute atomic E-state index is 4.38. The van der Waals surface area contributed by atoms with Gasteiger partial charge in [-0.25, -0.2) is 0 Å². The van der Waals surface area contributed by atoms with Crippen molar-refractivity contribution in [1.29, 1.82) is 0 Å². The van der Waals surface area contributed by atoms with Gasteiger partial charge in [-0.3, -0.25) is 0 Å². The van der Waals surface area contributed by atoms with Crippen molar-refractivity contribution in [1.82, 2.24) is 25.5 Å². The van der Waals surface area contributed by atoms with Crippen molar-refractivity contribution in [2.75, 3.05) is 13.1 Å². The van der Waals surface area contributed by atoms with Gasteiger partial charge in [-0.05, 0) is 18.2 Å². The van der Waals surface area contributed by atoms with E-state index in [0.29, 0.717) is 5.82 Å². The zero-order valence-corrected chi connectivity index (χ0v) is 12.1. The van der Waals surface area contributed by atoms with E-state index >= 15 is 0 Å². The van der Waals surface area contributed by atoms with E-state index in [9.17, 15) is 0 Å². The zero-order valence-electron chi connectivity index (χ0n) is 12.1. The average molecular weight is 273 g/mol. The monoisotopic (exact) mass is 273 g/mol. The van der Waals surface area contributed by atoms with Crippen LogP contribution in [0.4, 0.5) is 0 Å². The fourth-order valence-electron chi connectivity index (χ4n) is 2.02. The van der Waals surface area contributed by atoms with Crippen molar-refractivity contribution in [3.63, 3.8) is 0 Å². The number of nitrogens with one attached hydrogen (secondary N) is 1. The lowest BCUT2D eigenvalue weighted by Crippen LogP contribution is -2.22. The van der Waals surface area contributed by atoms with Crippen molar-refractivity contribution in [3.05, 3.63) is 30.3 Å². The molecule has 0 atom stereocenters. The molecule has 20 heavy (non-hydrogen) atoms. The first-order chi connectivity index (χ1) is 9.90. The first-order valence-electron chi connectivity index (χ1n) is 7.44. The van der Waals surface area contributed by atoms with Crippen molar-refractivity contribution in [2.45, 2.75) is 39.2 Å². The molecule has 2 rings (SSSR count). The number of rotatable bonds is 9. The minimum atomic E-state index is 0.688. The summed E-state index contributed by atoms with van der Waals surface area (Å²) in [7, 11) is 0. The van der Waals surface area contributed by atoms with Gasteiger partial charge in [-0.2, -0.15) is 4.80 Å². The maximum Gasteiger partial charge on any atom is 0.204 e. The standard InChI is InChI=1S/C15H23N5/c1-2-3-4-8-11-16-12-13-20-18-15(17-19-20)14-9-6-5-7-10-14/h5-7,9-10,16H,2-4,8,11-13H2,1H3. The number of hydrogen-bond acceptors (Lipinski definition) is 4. The molecular weight excluding hydrogens is 250 g/mol. The summed E-state index contributed by atoms with van der Waals surface area (Å²) in [6.45, 7) is 4.94. The molecule has 0 bridgehead atoms. The van der Waals surface area contributed by atoms with Gasteiger partial charge in [0.25, 0.3) is 0 Å². The predicted molar refractivity (Wildman–Crippen MR) is 80.3 cm³/mol. The highest BCUT2D eigenvalue weighted by molar-refractivity contribution is 5.52. The van der Waals surface area contributed by atoms with Crippen LogP contribution in [0.3, 0.4) is 0 Å². The Kier molecular flexibility index (Phi) is 6.17. The molecule has 0 aliphatic heterocycles. The van der Waals surface area contributed by atoms with Crippen molar-refractivity contribution in [3.8, 4) is 11.4 Å². The van der Waals surface area contributed by atoms with Gasteiger partial charge in [0.1, 0.15) is 0 Å². The Morgan fingerprint density at radius 3 is 2.70 bits per heavy atom. The van der Waals surface area contributed by atoms with Crippen LogP contribution in [-0.4, -0.2) is 33.3 Å². The summed E-state index contributed by atoms with van der Waals surface area (Å²) in [4.78, 5) is 1.65. The molecule has 0 unspecified atom stereocenters. The van der Waals surface area contributed by atoms with E-state index < -0.39 is 0 Å². The van der Waals surface area contributed by atoms with E-state index in [1.54, 1.807) is 4.80 Å². The molecule has 0 saturated carbocycles. The fourth-order valence-corrected chi connectivity index (χ4v) is 2.02. The summed E-state index contributed by atoms with van der Waals surface area (Å²) in [5.74, 6) is 0.688. The number of nitrogens with zero attached hydrogens (tertiary/aromatic N) is 4. The molecule has 0 radical (unpaired) electrons. The van der Waals surface area contributed by atoms with Crippen molar-refractivity contribution in [2.24, 2.45) is 0 Å². The van der Waals surface area contributed by atoms with Gasteiger partial charge < -0.3 is 5.32 Å². The lowest BCUT2D eigenvalue weighted by molar-refractivity contribution is 0.485. The molecule has 1 heterocycles. The molecule has 0 aliphatic carbocycles. The summed E-state index contributed by atoms with van der Waals surface area (Å²) in [5.41, 5.74) is 1.01. The largest absolute Gasteiger partial charge is 0.315 e. The third-order valence-electron chi connectivity index (χ3n) is 3.18. The third-order valence-corrected chi connectivity index (χ3v) is 3.18. The molecule has 0 fully saturated rings. The molecule has 0 amide bonds. The van der Waals surface area contributed by atoms with E-state index in [-0.39, 0.29) is 0 Å². The smallest absolute Gasteiger partial charge is 0.204 e. The summed E-state index contributed by atoms with van der Waals surface area (Å²) < 4.78 is 0. The SMILES string of the molecule is CCCCCCNCCn1nnc(-c2ccccc2)n1. The number of unbranched alkanes of at least 4 members (excludes halogenated alkanes) is 3. The molecule has 0 aliphatic rings. The Morgan fingerprint density at radius 2 is 1.90 bits per heavy atom. The number of benzene rings is 1. The van der Waals surface area contributed by atoms with Crippen LogP contribution in [0.5, 0.6) is 0 Å². The Balaban J connectivity index is 1.69. The minimum Gasteiger partial charge on any atom is -0.315 e. The summed E-state index contributed by atoms with van der Waals surface area (Å²) in [5, 5.41) is 16.0. The van der Waals surface area contributed by atoms with Crippen LogP contribution in [0.2, 0.25) is 0 Å². The number of hydrogen-bond donors (Lipinski definition) is 1. The fraction of sp³-hybridized carbons (Fsp3) is 0.533. The molecule has 5 nitrogen and oxygen atoms in total. The van der Waals surface area contributed by atoms with Gasteiger partial charge >= 0.3 is 0 Å². The molecular formula is C15H23N5. The van der Waals surface area contributed by atoms with Crippen LogP contribution in [-0.2, 0) is 6.54 Å². The highest BCUT2D eigenvalue weighted by Gasteiger charge is 2.04. The highest BCUT2D eigenvalue weighted by Crippen LogP contribution is 2.11. The highest BCUT2D eigenvalue weighted by atomic mass is 15.6. The van der Waals surface area contributed by atoms with Crippen molar-refractivity contribution < 1.29 is 0 Å². The molecule has 1 aromatic heterocycles. The number of tetrazole rings is 1. The van der Waals surface area contributed by atoms with Gasteiger partial charge in [0.15, 0.2) is 0 Å². The van der Waals surface area contributed by atoms with Gasteiger partial charge in [0.2, 0.25) is 5.82 Å². The molecule has 0 spiro atoms. The summed E-state index contributed by atoms with van der Waals surface area (Å²) in [6, 6.07) is 9.93. The van der Waals surface area contributed by atoms with Crippen molar-refractivity contribution >= 4 is 0 Å². The minimum absolute atomic E-state index is 0.688. The van der Waals surface area contributed by atoms with Crippen LogP contribution in [0.1, 0.15) is 32.6 Å². The first-order valence-corrected chi connectivity index (χ1v) is 7.44. The van der Waals surface area contributed by atoms with E-state index in [4.69, 9.17) is 0 Å². The lowest BCUT2D eigenvalue weighted by atomic mass is 10.2. The van der Waals surface area contributed by atoms with Gasteiger partial charge in [0.05, 0.1) is 6.54 Å². The Labute approximate surface area is 120 Å². The van der Waals surface area contributed by atoms with Crippen LogP contribution < -0.4 is 5.32 Å². The predicted octanol–water partition coefficient (Wildman–Crippen LogP) is 2.51. The van der Waals surface area contributed by atoms with Gasteiger partial charge in [-0.15, -0.1) is 10.2 Å². The van der Waals surface area contributed by atoms with Gasteiger partial charge in [0, 0.05) is 12.1 Å². The second-order valence-corrected chi connectivity index (χ2v) is 4.89. The molecule has 108 valence electrons. The summed E-state index contributed by atoms with van der Waals surface area (Å²) >= 11 is 0. The van der Waals surface area contributed by atoms with E-state index in [0.717, 1.165) is 25.2 Å². The van der Waals surface area contributed by atoms with E-state index in [2.05, 4.69) is 27.7 Å². The third kappa shape index (κ3) is 4.74. The van der Waals surface area contributed by atoms with Crippen LogP contribution in [0.25, 0.3) is 11.4 Å². The van der Waals surface area contributed by atoms with Crippen LogP contribution in [0.15, 0.2) is 30.3 Å².